The minimum absolute atomic E-state index is 0.833. The molecule has 0 saturated carbocycles. The number of fused-ring (bicyclic) bond motifs is 1. The zero-order chi connectivity index (χ0) is 11.2. The summed E-state index contributed by atoms with van der Waals surface area (Å²) in [6.07, 6.45) is 3.50. The van der Waals surface area contributed by atoms with E-state index in [1.165, 1.54) is 18.5 Å². The van der Waals surface area contributed by atoms with Crippen LogP contribution < -0.4 is 9.64 Å². The summed E-state index contributed by atoms with van der Waals surface area (Å²) in [4.78, 5) is 2.44. The van der Waals surface area contributed by atoms with E-state index in [2.05, 4.69) is 35.7 Å². The van der Waals surface area contributed by atoms with E-state index in [-0.39, 0.29) is 0 Å². The van der Waals surface area contributed by atoms with Gasteiger partial charge in [-0.1, -0.05) is 12.1 Å². The van der Waals surface area contributed by atoms with Gasteiger partial charge in [0.1, 0.15) is 5.75 Å². The van der Waals surface area contributed by atoms with E-state index in [0.717, 1.165) is 37.6 Å². The first kappa shape index (κ1) is 11.6. The molecule has 1 aromatic carbocycles. The average molecular weight is 237 g/mol. The fourth-order valence-electron chi connectivity index (χ4n) is 2.05. The van der Waals surface area contributed by atoms with Crippen molar-refractivity contribution in [3.8, 4) is 5.75 Å². The minimum Gasteiger partial charge on any atom is -0.491 e. The zero-order valence-electron chi connectivity index (χ0n) is 9.56. The van der Waals surface area contributed by atoms with Crippen molar-refractivity contribution >= 4 is 18.3 Å². The van der Waals surface area contributed by atoms with Gasteiger partial charge in [0.2, 0.25) is 0 Å². The molecule has 0 saturated heterocycles. The number of hydrogen-bond acceptors (Lipinski definition) is 3. The fraction of sp³-hybridized carbons (Fsp3) is 0.538. The van der Waals surface area contributed by atoms with Crippen molar-refractivity contribution in [1.82, 2.24) is 0 Å². The molecule has 0 radical (unpaired) electrons. The van der Waals surface area contributed by atoms with Gasteiger partial charge in [-0.15, -0.1) is 0 Å². The van der Waals surface area contributed by atoms with Crippen molar-refractivity contribution in [3.63, 3.8) is 0 Å². The molecule has 1 aromatic rings. The number of anilines is 1. The number of unbranched alkanes of at least 4 members (excludes halogenated alkanes) is 1. The summed E-state index contributed by atoms with van der Waals surface area (Å²) in [6, 6.07) is 8.34. The molecule has 0 bridgehead atoms. The fourth-order valence-corrected chi connectivity index (χ4v) is 2.27. The van der Waals surface area contributed by atoms with E-state index in [1.54, 1.807) is 0 Å². The molecule has 0 fully saturated rings. The van der Waals surface area contributed by atoms with Crippen LogP contribution in [0.1, 0.15) is 19.3 Å². The van der Waals surface area contributed by atoms with Crippen molar-refractivity contribution in [2.24, 2.45) is 0 Å². The maximum absolute atomic E-state index is 5.73. The first-order valence-electron chi connectivity index (χ1n) is 5.99. The Bertz CT molecular complexity index is 329. The molecule has 0 amide bonds. The summed E-state index contributed by atoms with van der Waals surface area (Å²) in [5.74, 6) is 2.01. The quantitative estimate of drug-likeness (QED) is 0.638. The molecule has 1 heterocycles. The molecule has 1 aliphatic heterocycles. The number of thiol groups is 1. The van der Waals surface area contributed by atoms with Crippen molar-refractivity contribution in [3.05, 3.63) is 24.3 Å². The third kappa shape index (κ3) is 2.85. The number of hydrogen-bond donors (Lipinski definition) is 1. The smallest absolute Gasteiger partial charge is 0.142 e. The Labute approximate surface area is 103 Å². The molecular weight excluding hydrogens is 218 g/mol. The van der Waals surface area contributed by atoms with Crippen LogP contribution in [0.25, 0.3) is 0 Å². The average Bonchev–Trinajstić information content (AvgIpc) is 2.52. The third-order valence-corrected chi connectivity index (χ3v) is 3.19. The molecule has 2 nitrogen and oxygen atoms in total. The van der Waals surface area contributed by atoms with Crippen LogP contribution in [0.5, 0.6) is 5.75 Å². The SMILES string of the molecule is SCCCCN1CCCOc2ccccc21. The molecule has 2 rings (SSSR count). The van der Waals surface area contributed by atoms with E-state index in [1.807, 2.05) is 6.07 Å². The number of para-hydroxylation sites is 2. The maximum Gasteiger partial charge on any atom is 0.142 e. The first-order chi connectivity index (χ1) is 7.92. The number of benzene rings is 1. The Morgan fingerprint density at radius 2 is 2.12 bits per heavy atom. The predicted octanol–water partition coefficient (Wildman–Crippen LogP) is 2.99. The zero-order valence-corrected chi connectivity index (χ0v) is 10.5. The van der Waals surface area contributed by atoms with Gasteiger partial charge in [-0.2, -0.15) is 12.6 Å². The van der Waals surface area contributed by atoms with Crippen molar-refractivity contribution < 1.29 is 4.74 Å². The van der Waals surface area contributed by atoms with E-state index in [0.29, 0.717) is 0 Å². The Morgan fingerprint density at radius 1 is 1.25 bits per heavy atom. The molecular formula is C13H19NOS. The topological polar surface area (TPSA) is 12.5 Å². The van der Waals surface area contributed by atoms with Crippen molar-refractivity contribution in [1.29, 1.82) is 0 Å². The molecule has 0 aromatic heterocycles. The lowest BCUT2D eigenvalue weighted by molar-refractivity contribution is 0.322. The highest BCUT2D eigenvalue weighted by Crippen LogP contribution is 2.30. The summed E-state index contributed by atoms with van der Waals surface area (Å²) in [5, 5.41) is 0. The summed E-state index contributed by atoms with van der Waals surface area (Å²) >= 11 is 4.25. The van der Waals surface area contributed by atoms with E-state index < -0.39 is 0 Å². The largest absolute Gasteiger partial charge is 0.491 e. The van der Waals surface area contributed by atoms with Gasteiger partial charge in [-0.25, -0.2) is 0 Å². The highest BCUT2D eigenvalue weighted by molar-refractivity contribution is 7.80. The van der Waals surface area contributed by atoms with Gasteiger partial charge in [0.25, 0.3) is 0 Å². The molecule has 0 spiro atoms. The monoisotopic (exact) mass is 237 g/mol. The first-order valence-corrected chi connectivity index (χ1v) is 6.62. The van der Waals surface area contributed by atoms with Crippen LogP contribution in [0.4, 0.5) is 5.69 Å². The Hall–Kier alpha value is -0.830. The molecule has 3 heteroatoms. The molecule has 16 heavy (non-hydrogen) atoms. The van der Waals surface area contributed by atoms with Crippen LogP contribution >= 0.6 is 12.6 Å². The van der Waals surface area contributed by atoms with Crippen LogP contribution in [-0.4, -0.2) is 25.4 Å². The molecule has 0 aliphatic carbocycles. The number of rotatable bonds is 4. The molecule has 88 valence electrons. The highest BCUT2D eigenvalue weighted by Gasteiger charge is 2.14. The summed E-state index contributed by atoms with van der Waals surface area (Å²) in [6.45, 7) is 3.05. The van der Waals surface area contributed by atoms with Gasteiger partial charge in [-0.3, -0.25) is 0 Å². The second kappa shape index (κ2) is 6.04. The van der Waals surface area contributed by atoms with E-state index >= 15 is 0 Å². The highest BCUT2D eigenvalue weighted by atomic mass is 32.1. The van der Waals surface area contributed by atoms with Gasteiger partial charge in [0.05, 0.1) is 12.3 Å². The number of nitrogens with zero attached hydrogens (tertiary/aromatic N) is 1. The van der Waals surface area contributed by atoms with Crippen LogP contribution in [-0.2, 0) is 0 Å². The standard InChI is InChI=1S/C13H19NOS/c16-11-4-3-8-14-9-5-10-15-13-7-2-1-6-12(13)14/h1-2,6-7,16H,3-5,8-11H2. The van der Waals surface area contributed by atoms with Crippen LogP contribution in [0.3, 0.4) is 0 Å². The molecule has 0 N–H and O–H groups in total. The summed E-state index contributed by atoms with van der Waals surface area (Å²) in [7, 11) is 0. The van der Waals surface area contributed by atoms with Gasteiger partial charge < -0.3 is 9.64 Å². The normalized spacial score (nSPS) is 15.2. The molecule has 0 atom stereocenters. The van der Waals surface area contributed by atoms with Crippen LogP contribution in [0.15, 0.2) is 24.3 Å². The summed E-state index contributed by atoms with van der Waals surface area (Å²) < 4.78 is 5.73. The van der Waals surface area contributed by atoms with Gasteiger partial charge in [0, 0.05) is 13.1 Å². The minimum atomic E-state index is 0.833. The van der Waals surface area contributed by atoms with Gasteiger partial charge in [-0.05, 0) is 37.1 Å². The maximum atomic E-state index is 5.73. The van der Waals surface area contributed by atoms with Crippen LogP contribution in [0, 0.1) is 0 Å². The lowest BCUT2D eigenvalue weighted by Gasteiger charge is -2.23. The Morgan fingerprint density at radius 3 is 3.00 bits per heavy atom. The lowest BCUT2D eigenvalue weighted by atomic mass is 10.2. The Kier molecular flexibility index (Phi) is 4.40. The van der Waals surface area contributed by atoms with E-state index in [4.69, 9.17) is 4.74 Å². The molecule has 0 unspecified atom stereocenters. The third-order valence-electron chi connectivity index (χ3n) is 2.87. The van der Waals surface area contributed by atoms with Crippen molar-refractivity contribution in [2.75, 3.05) is 30.3 Å². The second-order valence-electron chi connectivity index (χ2n) is 4.09. The lowest BCUT2D eigenvalue weighted by Crippen LogP contribution is -2.25. The van der Waals surface area contributed by atoms with E-state index in [9.17, 15) is 0 Å². The predicted molar refractivity (Wildman–Crippen MR) is 71.9 cm³/mol. The number of ether oxygens (including phenoxy) is 1. The van der Waals surface area contributed by atoms with Gasteiger partial charge >= 0.3 is 0 Å². The van der Waals surface area contributed by atoms with Crippen LogP contribution in [0.2, 0.25) is 0 Å². The summed E-state index contributed by atoms with van der Waals surface area (Å²) in [5.41, 5.74) is 1.25. The van der Waals surface area contributed by atoms with Gasteiger partial charge in [0.15, 0.2) is 0 Å². The second-order valence-corrected chi connectivity index (χ2v) is 4.53. The molecule has 1 aliphatic rings. The Balaban J connectivity index is 2.06. The van der Waals surface area contributed by atoms with Crippen molar-refractivity contribution in [2.45, 2.75) is 19.3 Å².